The molecule has 0 radical (unpaired) electrons. The van der Waals surface area contributed by atoms with Crippen LogP contribution >= 0.6 is 11.3 Å². The first-order valence-corrected chi connectivity index (χ1v) is 12.5. The summed E-state index contributed by atoms with van der Waals surface area (Å²) in [4.78, 5) is 10.6. The van der Waals surface area contributed by atoms with Gasteiger partial charge in [-0.1, -0.05) is 69.8 Å². The van der Waals surface area contributed by atoms with Crippen molar-refractivity contribution >= 4 is 34.3 Å². The maximum absolute atomic E-state index is 4.77. The van der Waals surface area contributed by atoms with E-state index >= 15 is 0 Å². The highest BCUT2D eigenvalue weighted by Gasteiger charge is 2.18. The molecule has 4 nitrogen and oxygen atoms in total. The third-order valence-corrected chi connectivity index (χ3v) is 6.68. The fourth-order valence-corrected chi connectivity index (χ4v) is 4.59. The first-order chi connectivity index (χ1) is 16.0. The average Bonchev–Trinajstić information content (AvgIpc) is 3.54. The maximum atomic E-state index is 4.77. The number of hydrogen-bond donors (Lipinski definition) is 2. The van der Waals surface area contributed by atoms with Crippen molar-refractivity contribution in [3.8, 4) is 0 Å². The Labute approximate surface area is 201 Å². The van der Waals surface area contributed by atoms with Crippen molar-refractivity contribution in [2.24, 2.45) is 15.9 Å². The molecule has 170 valence electrons. The molecule has 2 aromatic carbocycles. The monoisotopic (exact) mass is 456 g/mol. The Morgan fingerprint density at radius 3 is 2.45 bits per heavy atom. The van der Waals surface area contributed by atoms with Gasteiger partial charge in [0, 0.05) is 23.5 Å². The molecule has 3 aromatic rings. The van der Waals surface area contributed by atoms with E-state index in [1.54, 1.807) is 11.3 Å². The van der Waals surface area contributed by atoms with E-state index in [0.29, 0.717) is 12.5 Å². The third kappa shape index (κ3) is 5.60. The second-order valence-electron chi connectivity index (χ2n) is 8.65. The number of rotatable bonds is 10. The van der Waals surface area contributed by atoms with Gasteiger partial charge in [-0.3, -0.25) is 4.99 Å². The molecule has 0 saturated heterocycles. The molecule has 5 heteroatoms. The van der Waals surface area contributed by atoms with Crippen molar-refractivity contribution in [1.82, 2.24) is 5.32 Å². The predicted octanol–water partition coefficient (Wildman–Crippen LogP) is 6.78. The molecule has 1 aromatic heterocycles. The number of thiophene rings is 1. The summed E-state index contributed by atoms with van der Waals surface area (Å²) in [7, 11) is 0. The summed E-state index contributed by atoms with van der Waals surface area (Å²) in [5.74, 6) is 1.26. The zero-order chi connectivity index (χ0) is 23.2. The molecule has 0 bridgehead atoms. The molecule has 1 aliphatic rings. The van der Waals surface area contributed by atoms with Gasteiger partial charge in [0.15, 0.2) is 5.84 Å². The smallest absolute Gasteiger partial charge is 0.155 e. The van der Waals surface area contributed by atoms with Crippen LogP contribution in [-0.4, -0.2) is 24.6 Å². The second kappa shape index (κ2) is 10.6. The van der Waals surface area contributed by atoms with Crippen LogP contribution in [0.3, 0.4) is 0 Å². The van der Waals surface area contributed by atoms with E-state index in [1.165, 1.54) is 10.4 Å². The SMILES string of the molecule is C=C(NCCC)c1ccc(NC(c2ccc(C3=NCC(c4cccs4)=N3)cc2)C(C)C)cc1. The molecule has 2 heterocycles. The number of amidine groups is 1. The largest absolute Gasteiger partial charge is 0.385 e. The maximum Gasteiger partial charge on any atom is 0.155 e. The Kier molecular flexibility index (Phi) is 7.40. The Morgan fingerprint density at radius 2 is 1.82 bits per heavy atom. The lowest BCUT2D eigenvalue weighted by molar-refractivity contribution is 0.546. The summed E-state index contributed by atoms with van der Waals surface area (Å²) in [5, 5.41) is 9.15. The van der Waals surface area contributed by atoms with E-state index in [1.807, 2.05) is 0 Å². The molecule has 0 saturated carbocycles. The Balaban J connectivity index is 1.45. The minimum absolute atomic E-state index is 0.210. The molecular weight excluding hydrogens is 424 g/mol. The third-order valence-electron chi connectivity index (χ3n) is 5.76. The van der Waals surface area contributed by atoms with Crippen LogP contribution in [0.5, 0.6) is 0 Å². The summed E-state index contributed by atoms with van der Waals surface area (Å²) in [5.41, 5.74) is 6.58. The number of nitrogens with zero attached hydrogens (tertiary/aromatic N) is 2. The van der Waals surface area contributed by atoms with Gasteiger partial charge < -0.3 is 10.6 Å². The molecule has 0 aliphatic carbocycles. The first-order valence-electron chi connectivity index (χ1n) is 11.6. The van der Waals surface area contributed by atoms with Crippen molar-refractivity contribution in [2.45, 2.75) is 33.2 Å². The topological polar surface area (TPSA) is 48.8 Å². The zero-order valence-corrected chi connectivity index (χ0v) is 20.5. The van der Waals surface area contributed by atoms with Gasteiger partial charge in [-0.2, -0.15) is 0 Å². The molecule has 0 spiro atoms. The van der Waals surface area contributed by atoms with Gasteiger partial charge >= 0.3 is 0 Å². The summed E-state index contributed by atoms with van der Waals surface area (Å²) in [6.45, 7) is 12.4. The highest BCUT2D eigenvalue weighted by Crippen LogP contribution is 2.28. The van der Waals surface area contributed by atoms with E-state index in [0.717, 1.165) is 47.0 Å². The van der Waals surface area contributed by atoms with Gasteiger partial charge in [0.25, 0.3) is 0 Å². The molecule has 1 unspecified atom stereocenters. The van der Waals surface area contributed by atoms with E-state index in [-0.39, 0.29) is 6.04 Å². The van der Waals surface area contributed by atoms with Crippen LogP contribution in [0.15, 0.2) is 82.6 Å². The Bertz CT molecular complexity index is 1120. The lowest BCUT2D eigenvalue weighted by atomic mass is 9.94. The highest BCUT2D eigenvalue weighted by atomic mass is 32.1. The molecule has 1 aliphatic heterocycles. The first kappa shape index (κ1) is 23.0. The fourth-order valence-electron chi connectivity index (χ4n) is 3.88. The van der Waals surface area contributed by atoms with Crippen molar-refractivity contribution in [3.63, 3.8) is 0 Å². The van der Waals surface area contributed by atoms with Gasteiger partial charge in [0.2, 0.25) is 0 Å². The highest BCUT2D eigenvalue weighted by molar-refractivity contribution is 7.12. The summed E-state index contributed by atoms with van der Waals surface area (Å²) in [6.07, 6.45) is 1.09. The minimum Gasteiger partial charge on any atom is -0.385 e. The lowest BCUT2D eigenvalue weighted by Crippen LogP contribution is -2.17. The molecule has 0 amide bonds. The van der Waals surface area contributed by atoms with Crippen LogP contribution in [-0.2, 0) is 0 Å². The molecule has 1 atom stereocenters. The predicted molar refractivity (Wildman–Crippen MR) is 144 cm³/mol. The van der Waals surface area contributed by atoms with E-state index in [2.05, 4.69) is 109 Å². The van der Waals surface area contributed by atoms with E-state index in [9.17, 15) is 0 Å². The number of hydrogen-bond acceptors (Lipinski definition) is 5. The van der Waals surface area contributed by atoms with Crippen LogP contribution in [0, 0.1) is 5.92 Å². The Hall–Kier alpha value is -3.18. The molecule has 33 heavy (non-hydrogen) atoms. The van der Waals surface area contributed by atoms with E-state index < -0.39 is 0 Å². The van der Waals surface area contributed by atoms with Gasteiger partial charge in [-0.25, -0.2) is 4.99 Å². The van der Waals surface area contributed by atoms with Crippen LogP contribution in [0.4, 0.5) is 5.69 Å². The molecule has 0 fully saturated rings. The quantitative estimate of drug-likeness (QED) is 0.353. The number of aliphatic imine (C=N–C) groups is 2. The number of anilines is 1. The number of nitrogens with one attached hydrogen (secondary N) is 2. The van der Waals surface area contributed by atoms with Gasteiger partial charge in [-0.15, -0.1) is 11.3 Å². The van der Waals surface area contributed by atoms with Crippen LogP contribution in [0.2, 0.25) is 0 Å². The zero-order valence-electron chi connectivity index (χ0n) is 19.6. The Morgan fingerprint density at radius 1 is 1.06 bits per heavy atom. The summed E-state index contributed by atoms with van der Waals surface area (Å²) < 4.78 is 0. The molecule has 4 rings (SSSR count). The van der Waals surface area contributed by atoms with Gasteiger partial charge in [0.1, 0.15) is 0 Å². The van der Waals surface area contributed by atoms with Crippen molar-refractivity contribution in [1.29, 1.82) is 0 Å². The van der Waals surface area contributed by atoms with E-state index in [4.69, 9.17) is 4.99 Å². The molecule has 2 N–H and O–H groups in total. The summed E-state index contributed by atoms with van der Waals surface area (Å²) >= 11 is 1.71. The van der Waals surface area contributed by atoms with Gasteiger partial charge in [-0.05, 0) is 47.0 Å². The average molecular weight is 457 g/mol. The molecular formula is C28H32N4S. The standard InChI is InChI=1S/C28H32N4S/c1-5-16-29-20(4)21-12-14-24(15-13-21)31-27(19(2)3)22-8-10-23(11-9-22)28-30-18-25(32-28)26-7-6-17-33-26/h6-15,17,19,27,29,31H,4-5,16,18H2,1-3H3. The van der Waals surface area contributed by atoms with Crippen molar-refractivity contribution in [2.75, 3.05) is 18.4 Å². The lowest BCUT2D eigenvalue weighted by Gasteiger charge is -2.24. The van der Waals surface area contributed by atoms with Crippen LogP contribution < -0.4 is 10.6 Å². The minimum atomic E-state index is 0.210. The van der Waals surface area contributed by atoms with Crippen molar-refractivity contribution < 1.29 is 0 Å². The normalized spacial score (nSPS) is 14.1. The van der Waals surface area contributed by atoms with Crippen LogP contribution in [0.25, 0.3) is 5.70 Å². The van der Waals surface area contributed by atoms with Crippen molar-refractivity contribution in [3.05, 3.63) is 94.2 Å². The second-order valence-corrected chi connectivity index (χ2v) is 9.59. The fraction of sp³-hybridized carbons (Fsp3) is 0.286. The van der Waals surface area contributed by atoms with Gasteiger partial charge in [0.05, 0.1) is 23.2 Å². The number of benzene rings is 2. The van der Waals surface area contributed by atoms with Crippen LogP contribution in [0.1, 0.15) is 54.8 Å². The summed E-state index contributed by atoms with van der Waals surface area (Å²) in [6, 6.07) is 21.5.